The number of esters is 1. The van der Waals surface area contributed by atoms with E-state index < -0.39 is 12.6 Å². The molecular weight excluding hydrogens is 280 g/mol. The number of carbonyl (C=O) groups is 1. The molecule has 0 unspecified atom stereocenters. The Morgan fingerprint density at radius 2 is 1.81 bits per heavy atom. The monoisotopic (exact) mass is 289 g/mol. The number of nitrogens with zero attached hydrogens (tertiary/aromatic N) is 1. The highest BCUT2D eigenvalue weighted by atomic mass is 19.3. The van der Waals surface area contributed by atoms with Crippen molar-refractivity contribution < 1.29 is 23.0 Å². The van der Waals surface area contributed by atoms with Gasteiger partial charge in [-0.05, 0) is 42.5 Å². The van der Waals surface area contributed by atoms with Gasteiger partial charge in [-0.25, -0.2) is 4.79 Å². The van der Waals surface area contributed by atoms with Crippen molar-refractivity contribution in [3.05, 3.63) is 59.7 Å². The van der Waals surface area contributed by atoms with E-state index in [1.807, 2.05) is 6.07 Å². The molecule has 0 aromatic heterocycles. The number of hydrogen-bond donors (Lipinski definition) is 0. The summed E-state index contributed by atoms with van der Waals surface area (Å²) in [7, 11) is 0. The van der Waals surface area contributed by atoms with Gasteiger partial charge in [-0.1, -0.05) is 6.07 Å². The van der Waals surface area contributed by atoms with Crippen molar-refractivity contribution in [2.24, 2.45) is 0 Å². The lowest BCUT2D eigenvalue weighted by atomic mass is 10.2. The van der Waals surface area contributed by atoms with Crippen molar-refractivity contribution in [3.63, 3.8) is 0 Å². The Bertz CT molecular complexity index is 678. The molecule has 0 saturated heterocycles. The SMILES string of the molecule is N#Cc1cccc(OC(=O)c2ccc(OC(F)F)cc2)c1. The second-order valence-electron chi connectivity index (χ2n) is 3.93. The summed E-state index contributed by atoms with van der Waals surface area (Å²) < 4.78 is 33.3. The number of ether oxygens (including phenoxy) is 2. The molecule has 2 rings (SSSR count). The predicted molar refractivity (Wildman–Crippen MR) is 69.2 cm³/mol. The van der Waals surface area contributed by atoms with Crippen molar-refractivity contribution in [1.29, 1.82) is 5.26 Å². The molecule has 0 fully saturated rings. The largest absolute Gasteiger partial charge is 0.435 e. The van der Waals surface area contributed by atoms with Crippen LogP contribution < -0.4 is 9.47 Å². The van der Waals surface area contributed by atoms with E-state index >= 15 is 0 Å². The number of rotatable bonds is 4. The van der Waals surface area contributed by atoms with Crippen LogP contribution in [0.5, 0.6) is 11.5 Å². The molecule has 106 valence electrons. The Balaban J connectivity index is 2.08. The molecule has 0 aliphatic rings. The van der Waals surface area contributed by atoms with E-state index in [0.29, 0.717) is 5.56 Å². The van der Waals surface area contributed by atoms with E-state index in [0.717, 1.165) is 0 Å². The number of alkyl halides is 2. The average Bonchev–Trinajstić information content (AvgIpc) is 2.47. The third-order valence-corrected chi connectivity index (χ3v) is 2.49. The van der Waals surface area contributed by atoms with Gasteiger partial charge in [0.25, 0.3) is 0 Å². The third kappa shape index (κ3) is 4.01. The van der Waals surface area contributed by atoms with Crippen LogP contribution in [0.2, 0.25) is 0 Å². The first-order valence-electron chi connectivity index (χ1n) is 5.85. The second kappa shape index (κ2) is 6.48. The fraction of sp³-hybridized carbons (Fsp3) is 0.0667. The molecule has 2 aromatic rings. The van der Waals surface area contributed by atoms with Gasteiger partial charge in [0.15, 0.2) is 0 Å². The lowest BCUT2D eigenvalue weighted by Crippen LogP contribution is -2.09. The molecule has 0 aliphatic heterocycles. The number of nitriles is 1. The molecular formula is C15H9F2NO3. The van der Waals surface area contributed by atoms with E-state index in [-0.39, 0.29) is 17.1 Å². The molecule has 4 nitrogen and oxygen atoms in total. The lowest BCUT2D eigenvalue weighted by Gasteiger charge is -2.06. The quantitative estimate of drug-likeness (QED) is 0.639. The highest BCUT2D eigenvalue weighted by Gasteiger charge is 2.10. The highest BCUT2D eigenvalue weighted by Crippen LogP contribution is 2.18. The maximum atomic E-state index is 12.0. The average molecular weight is 289 g/mol. The minimum absolute atomic E-state index is 0.0481. The van der Waals surface area contributed by atoms with Crippen LogP contribution in [-0.2, 0) is 0 Å². The van der Waals surface area contributed by atoms with E-state index in [1.165, 1.54) is 36.4 Å². The van der Waals surface area contributed by atoms with Crippen LogP contribution in [0, 0.1) is 11.3 Å². The third-order valence-electron chi connectivity index (χ3n) is 2.49. The maximum Gasteiger partial charge on any atom is 0.387 e. The summed E-state index contributed by atoms with van der Waals surface area (Å²) >= 11 is 0. The minimum Gasteiger partial charge on any atom is -0.435 e. The van der Waals surface area contributed by atoms with Crippen LogP contribution in [0.3, 0.4) is 0 Å². The lowest BCUT2D eigenvalue weighted by molar-refractivity contribution is -0.0498. The van der Waals surface area contributed by atoms with Crippen LogP contribution in [0.4, 0.5) is 8.78 Å². The number of benzene rings is 2. The van der Waals surface area contributed by atoms with Crippen molar-refractivity contribution in [2.75, 3.05) is 0 Å². The van der Waals surface area contributed by atoms with Gasteiger partial charge >= 0.3 is 12.6 Å². The van der Waals surface area contributed by atoms with Gasteiger partial charge in [0.05, 0.1) is 17.2 Å². The molecule has 0 aliphatic carbocycles. The van der Waals surface area contributed by atoms with E-state index in [9.17, 15) is 13.6 Å². The summed E-state index contributed by atoms with van der Waals surface area (Å²) in [5, 5.41) is 8.75. The molecule has 0 atom stereocenters. The zero-order valence-electron chi connectivity index (χ0n) is 10.6. The van der Waals surface area contributed by atoms with Gasteiger partial charge in [0.2, 0.25) is 0 Å². The molecule has 0 radical (unpaired) electrons. The van der Waals surface area contributed by atoms with Gasteiger partial charge in [-0.15, -0.1) is 0 Å². The Hall–Kier alpha value is -2.94. The molecule has 0 spiro atoms. The molecule has 0 saturated carbocycles. The van der Waals surface area contributed by atoms with Crippen molar-refractivity contribution in [2.45, 2.75) is 6.61 Å². The molecule has 0 N–H and O–H groups in total. The van der Waals surface area contributed by atoms with Gasteiger partial charge in [0.1, 0.15) is 11.5 Å². The Morgan fingerprint density at radius 3 is 2.43 bits per heavy atom. The van der Waals surface area contributed by atoms with Crippen LogP contribution in [0.15, 0.2) is 48.5 Å². The summed E-state index contributed by atoms with van der Waals surface area (Å²) in [6, 6.07) is 13.2. The number of halogens is 2. The van der Waals surface area contributed by atoms with E-state index in [1.54, 1.807) is 12.1 Å². The molecule has 0 amide bonds. The van der Waals surface area contributed by atoms with Crippen molar-refractivity contribution in [1.82, 2.24) is 0 Å². The summed E-state index contributed by atoms with van der Waals surface area (Å²) in [6.07, 6.45) is 0. The van der Waals surface area contributed by atoms with Gasteiger partial charge in [-0.2, -0.15) is 14.0 Å². The first-order chi connectivity index (χ1) is 10.1. The first kappa shape index (κ1) is 14.5. The summed E-state index contributed by atoms with van der Waals surface area (Å²) in [4.78, 5) is 11.9. The molecule has 2 aromatic carbocycles. The van der Waals surface area contributed by atoms with Crippen molar-refractivity contribution >= 4 is 5.97 Å². The van der Waals surface area contributed by atoms with E-state index in [2.05, 4.69) is 4.74 Å². The van der Waals surface area contributed by atoms with Gasteiger partial charge in [0, 0.05) is 0 Å². The second-order valence-corrected chi connectivity index (χ2v) is 3.93. The zero-order chi connectivity index (χ0) is 15.2. The fourth-order valence-corrected chi connectivity index (χ4v) is 1.57. The number of hydrogen-bond acceptors (Lipinski definition) is 4. The van der Waals surface area contributed by atoms with Crippen molar-refractivity contribution in [3.8, 4) is 17.6 Å². The van der Waals surface area contributed by atoms with Crippen LogP contribution >= 0.6 is 0 Å². The minimum atomic E-state index is -2.92. The fourth-order valence-electron chi connectivity index (χ4n) is 1.57. The predicted octanol–water partition coefficient (Wildman–Crippen LogP) is 3.38. The topological polar surface area (TPSA) is 59.3 Å². The summed E-state index contributed by atoms with van der Waals surface area (Å²) in [5.41, 5.74) is 0.542. The highest BCUT2D eigenvalue weighted by molar-refractivity contribution is 5.91. The Labute approximate surface area is 119 Å². The molecule has 0 bridgehead atoms. The normalized spacial score (nSPS) is 10.0. The standard InChI is InChI=1S/C15H9F2NO3/c16-15(17)21-12-6-4-11(5-7-12)14(19)20-13-3-1-2-10(8-13)9-18/h1-8,15H. The zero-order valence-corrected chi connectivity index (χ0v) is 10.6. The smallest absolute Gasteiger partial charge is 0.387 e. The van der Waals surface area contributed by atoms with Gasteiger partial charge < -0.3 is 9.47 Å². The molecule has 6 heteroatoms. The molecule has 21 heavy (non-hydrogen) atoms. The summed E-state index contributed by atoms with van der Waals surface area (Å²) in [5.74, 6) is -0.478. The van der Waals surface area contributed by atoms with Crippen LogP contribution in [0.1, 0.15) is 15.9 Å². The maximum absolute atomic E-state index is 12.0. The Morgan fingerprint density at radius 1 is 1.10 bits per heavy atom. The van der Waals surface area contributed by atoms with E-state index in [4.69, 9.17) is 10.00 Å². The number of carbonyl (C=O) groups excluding carboxylic acids is 1. The first-order valence-corrected chi connectivity index (χ1v) is 5.85. The van der Waals surface area contributed by atoms with Crippen LogP contribution in [0.25, 0.3) is 0 Å². The van der Waals surface area contributed by atoms with Crippen LogP contribution in [-0.4, -0.2) is 12.6 Å². The molecule has 0 heterocycles. The van der Waals surface area contributed by atoms with Gasteiger partial charge in [-0.3, -0.25) is 0 Å². The Kier molecular flexibility index (Phi) is 4.46. The summed E-state index contributed by atoms with van der Waals surface area (Å²) in [6.45, 7) is -2.92.